The van der Waals surface area contributed by atoms with E-state index in [1.54, 1.807) is 19.9 Å². The number of hydrogen-bond donors (Lipinski definition) is 4. The molecule has 0 aliphatic rings. The van der Waals surface area contributed by atoms with Crippen LogP contribution >= 0.6 is 11.6 Å². The number of hydrogen-bond acceptors (Lipinski definition) is 4. The van der Waals surface area contributed by atoms with E-state index in [9.17, 15) is 14.4 Å². The topological polar surface area (TPSA) is 123 Å². The zero-order valence-electron chi connectivity index (χ0n) is 13.0. The number of nitrogens with two attached hydrogens (primary N) is 1. The van der Waals surface area contributed by atoms with Gasteiger partial charge in [0.15, 0.2) is 0 Å². The number of hydrazine groups is 1. The molecule has 0 aliphatic heterocycles. The number of rotatable bonds is 5. The fourth-order valence-electron chi connectivity index (χ4n) is 1.81. The van der Waals surface area contributed by atoms with Crippen LogP contribution in [0.25, 0.3) is 0 Å². The minimum atomic E-state index is -0.881. The van der Waals surface area contributed by atoms with Crippen molar-refractivity contribution < 1.29 is 19.1 Å². The number of ether oxygens (including phenoxy) is 1. The van der Waals surface area contributed by atoms with Crippen molar-refractivity contribution in [2.24, 2.45) is 11.7 Å². The Bertz CT molecular complexity index is 606. The van der Waals surface area contributed by atoms with Crippen molar-refractivity contribution in [1.29, 1.82) is 0 Å². The first-order valence-corrected chi connectivity index (χ1v) is 7.13. The molecule has 0 radical (unpaired) electrons. The van der Waals surface area contributed by atoms with Gasteiger partial charge in [0.2, 0.25) is 0 Å². The van der Waals surface area contributed by atoms with Crippen molar-refractivity contribution in [1.82, 2.24) is 16.2 Å². The zero-order valence-corrected chi connectivity index (χ0v) is 13.7. The number of nitrogens with one attached hydrogen (secondary N) is 3. The summed E-state index contributed by atoms with van der Waals surface area (Å²) in [7, 11) is 1.41. The summed E-state index contributed by atoms with van der Waals surface area (Å²) in [6.45, 7) is 3.45. The molecular weight excluding hydrogens is 324 g/mol. The van der Waals surface area contributed by atoms with Crippen molar-refractivity contribution in [3.05, 3.63) is 28.8 Å². The summed E-state index contributed by atoms with van der Waals surface area (Å²) in [6, 6.07) is 2.80. The molecule has 126 valence electrons. The summed E-state index contributed by atoms with van der Waals surface area (Å²) < 4.78 is 5.06. The van der Waals surface area contributed by atoms with E-state index >= 15 is 0 Å². The van der Waals surface area contributed by atoms with E-state index in [2.05, 4.69) is 16.2 Å². The van der Waals surface area contributed by atoms with Gasteiger partial charge in [-0.05, 0) is 24.1 Å². The molecule has 5 N–H and O–H groups in total. The standard InChI is InChI=1S/C14H19ClN4O4/c1-7(2)11(17-14(16)22)13(21)19-18-12(20)9-6-8(15)4-5-10(9)23-3/h4-7,11H,1-3H3,(H,18,20)(H,19,21)(H3,16,17,22). The maximum absolute atomic E-state index is 12.1. The van der Waals surface area contributed by atoms with Crippen molar-refractivity contribution in [3.8, 4) is 5.75 Å². The quantitative estimate of drug-likeness (QED) is 0.591. The first-order valence-electron chi connectivity index (χ1n) is 6.76. The highest BCUT2D eigenvalue weighted by atomic mass is 35.5. The summed E-state index contributed by atoms with van der Waals surface area (Å²) in [5, 5.41) is 2.65. The van der Waals surface area contributed by atoms with E-state index in [4.69, 9.17) is 22.1 Å². The molecule has 1 aromatic carbocycles. The van der Waals surface area contributed by atoms with Gasteiger partial charge in [0.05, 0.1) is 12.7 Å². The molecule has 1 aromatic rings. The van der Waals surface area contributed by atoms with Crippen molar-refractivity contribution in [3.63, 3.8) is 0 Å². The normalized spacial score (nSPS) is 11.5. The Labute approximate surface area is 138 Å². The maximum Gasteiger partial charge on any atom is 0.312 e. The Kier molecular flexibility index (Phi) is 6.65. The maximum atomic E-state index is 12.1. The molecule has 9 heteroatoms. The highest BCUT2D eigenvalue weighted by Gasteiger charge is 2.24. The van der Waals surface area contributed by atoms with E-state index in [1.165, 1.54) is 19.2 Å². The molecular formula is C14H19ClN4O4. The predicted octanol–water partition coefficient (Wildman–Crippen LogP) is 0.802. The van der Waals surface area contributed by atoms with Gasteiger partial charge in [-0.1, -0.05) is 25.4 Å². The van der Waals surface area contributed by atoms with Gasteiger partial charge >= 0.3 is 6.03 Å². The molecule has 0 saturated heterocycles. The van der Waals surface area contributed by atoms with Gasteiger partial charge in [0.25, 0.3) is 11.8 Å². The Balaban J connectivity index is 2.77. The number of carbonyl (C=O) groups excluding carboxylic acids is 3. The highest BCUT2D eigenvalue weighted by Crippen LogP contribution is 2.22. The van der Waals surface area contributed by atoms with Crippen molar-refractivity contribution in [2.75, 3.05) is 7.11 Å². The molecule has 23 heavy (non-hydrogen) atoms. The SMILES string of the molecule is COc1ccc(Cl)cc1C(=O)NNC(=O)C(NC(N)=O)C(C)C. The highest BCUT2D eigenvalue weighted by molar-refractivity contribution is 6.31. The average Bonchev–Trinajstić information content (AvgIpc) is 2.49. The summed E-state index contributed by atoms with van der Waals surface area (Å²) in [6.07, 6.45) is 0. The molecule has 1 unspecified atom stereocenters. The lowest BCUT2D eigenvalue weighted by molar-refractivity contribution is -0.124. The van der Waals surface area contributed by atoms with Gasteiger partial charge in [-0.2, -0.15) is 0 Å². The van der Waals surface area contributed by atoms with E-state index in [0.29, 0.717) is 10.8 Å². The third-order valence-electron chi connectivity index (χ3n) is 2.95. The number of urea groups is 1. The van der Waals surface area contributed by atoms with Gasteiger partial charge < -0.3 is 15.8 Å². The summed E-state index contributed by atoms with van der Waals surface area (Å²) in [5.74, 6) is -1.13. The monoisotopic (exact) mass is 342 g/mol. The number of benzene rings is 1. The second kappa shape index (κ2) is 8.23. The van der Waals surface area contributed by atoms with Gasteiger partial charge in [0.1, 0.15) is 11.8 Å². The fraction of sp³-hybridized carbons (Fsp3) is 0.357. The predicted molar refractivity (Wildman–Crippen MR) is 85.0 cm³/mol. The number of primary amides is 1. The van der Waals surface area contributed by atoms with Crippen molar-refractivity contribution >= 4 is 29.4 Å². The summed E-state index contributed by atoms with van der Waals surface area (Å²) >= 11 is 5.85. The van der Waals surface area contributed by atoms with Crippen LogP contribution in [0.2, 0.25) is 5.02 Å². The molecule has 0 saturated carbocycles. The third-order valence-corrected chi connectivity index (χ3v) is 3.19. The Morgan fingerprint density at radius 2 is 1.87 bits per heavy atom. The molecule has 0 heterocycles. The van der Waals surface area contributed by atoms with Crippen molar-refractivity contribution in [2.45, 2.75) is 19.9 Å². The summed E-state index contributed by atoms with van der Waals surface area (Å²) in [5.41, 5.74) is 9.65. The summed E-state index contributed by atoms with van der Waals surface area (Å²) in [4.78, 5) is 35.1. The first kappa shape index (κ1) is 18.6. The van der Waals surface area contributed by atoms with Crippen LogP contribution < -0.4 is 26.6 Å². The number of halogens is 1. The fourth-order valence-corrected chi connectivity index (χ4v) is 1.98. The van der Waals surface area contributed by atoms with E-state index in [1.807, 2.05) is 0 Å². The van der Waals surface area contributed by atoms with Crippen LogP contribution in [0.1, 0.15) is 24.2 Å². The van der Waals surface area contributed by atoms with Gasteiger partial charge in [0, 0.05) is 5.02 Å². The van der Waals surface area contributed by atoms with Crippen LogP contribution in [0, 0.1) is 5.92 Å². The van der Waals surface area contributed by atoms with Gasteiger partial charge in [-0.3, -0.25) is 20.4 Å². The molecule has 4 amide bonds. The Morgan fingerprint density at radius 3 is 2.39 bits per heavy atom. The molecule has 0 spiro atoms. The molecule has 0 aliphatic carbocycles. The van der Waals surface area contributed by atoms with Crippen LogP contribution in [-0.4, -0.2) is 31.0 Å². The van der Waals surface area contributed by atoms with Crippen LogP contribution in [0.3, 0.4) is 0 Å². The van der Waals surface area contributed by atoms with Crippen LogP contribution in [0.4, 0.5) is 4.79 Å². The minimum Gasteiger partial charge on any atom is -0.496 e. The molecule has 0 aromatic heterocycles. The molecule has 0 fully saturated rings. The van der Waals surface area contributed by atoms with E-state index < -0.39 is 23.9 Å². The molecule has 8 nitrogen and oxygen atoms in total. The number of carbonyl (C=O) groups is 3. The Morgan fingerprint density at radius 1 is 1.22 bits per heavy atom. The van der Waals surface area contributed by atoms with E-state index in [0.717, 1.165) is 0 Å². The van der Waals surface area contributed by atoms with Crippen LogP contribution in [-0.2, 0) is 4.79 Å². The average molecular weight is 343 g/mol. The lowest BCUT2D eigenvalue weighted by atomic mass is 10.0. The largest absolute Gasteiger partial charge is 0.496 e. The van der Waals surface area contributed by atoms with Gasteiger partial charge in [-0.25, -0.2) is 4.79 Å². The lowest BCUT2D eigenvalue weighted by Gasteiger charge is -2.20. The van der Waals surface area contributed by atoms with Crippen LogP contribution in [0.5, 0.6) is 5.75 Å². The molecule has 1 atom stereocenters. The number of amides is 4. The number of methoxy groups -OCH3 is 1. The molecule has 1 rings (SSSR count). The second-order valence-corrected chi connectivity index (χ2v) is 5.45. The zero-order chi connectivity index (χ0) is 17.6. The minimum absolute atomic E-state index is 0.157. The van der Waals surface area contributed by atoms with Gasteiger partial charge in [-0.15, -0.1) is 0 Å². The molecule has 0 bridgehead atoms. The first-order chi connectivity index (χ1) is 10.8. The van der Waals surface area contributed by atoms with E-state index in [-0.39, 0.29) is 11.5 Å². The van der Waals surface area contributed by atoms with Crippen LogP contribution in [0.15, 0.2) is 18.2 Å². The Hall–Kier alpha value is -2.48. The lowest BCUT2D eigenvalue weighted by Crippen LogP contribution is -2.55. The second-order valence-electron chi connectivity index (χ2n) is 5.02. The smallest absolute Gasteiger partial charge is 0.312 e. The third kappa shape index (κ3) is 5.33.